The van der Waals surface area contributed by atoms with Crippen molar-refractivity contribution in [1.82, 2.24) is 5.32 Å². The molecule has 1 fully saturated rings. The second-order valence-electron chi connectivity index (χ2n) is 4.08. The van der Waals surface area contributed by atoms with Crippen molar-refractivity contribution in [2.45, 2.75) is 12.5 Å². The Morgan fingerprint density at radius 1 is 1.47 bits per heavy atom. The minimum Gasteiger partial charge on any atom is -0.454 e. The lowest BCUT2D eigenvalue weighted by Crippen LogP contribution is -2.38. The third-order valence-corrected chi connectivity index (χ3v) is 2.76. The average Bonchev–Trinajstić information content (AvgIpc) is 2.31. The monoisotopic (exact) mass is 235 g/mol. The van der Waals surface area contributed by atoms with Gasteiger partial charge in [-0.2, -0.15) is 0 Å². The van der Waals surface area contributed by atoms with E-state index in [-0.39, 0.29) is 12.1 Å². The summed E-state index contributed by atoms with van der Waals surface area (Å²) in [7, 11) is 1.90. The summed E-state index contributed by atoms with van der Waals surface area (Å²) in [5.74, 6) is -0.245. The summed E-state index contributed by atoms with van der Waals surface area (Å²) in [6.07, 6.45) is 0.753. The fourth-order valence-corrected chi connectivity index (χ4v) is 1.69. The minimum atomic E-state index is -0.245. The van der Waals surface area contributed by atoms with Gasteiger partial charge in [-0.3, -0.25) is 0 Å². The summed E-state index contributed by atoms with van der Waals surface area (Å²) in [6, 6.07) is 7.57. The normalized spacial score (nSPS) is 15.4. The van der Waals surface area contributed by atoms with E-state index in [1.807, 2.05) is 31.3 Å². The Morgan fingerprint density at radius 2 is 2.24 bits per heavy atom. The van der Waals surface area contributed by atoms with Gasteiger partial charge in [0.1, 0.15) is 6.10 Å². The van der Waals surface area contributed by atoms with Crippen LogP contribution < -0.4 is 5.32 Å². The molecule has 2 rings (SSSR count). The minimum absolute atomic E-state index is 0.0696. The van der Waals surface area contributed by atoms with Crippen molar-refractivity contribution in [2.75, 3.05) is 26.8 Å². The molecule has 0 amide bonds. The van der Waals surface area contributed by atoms with E-state index < -0.39 is 0 Å². The van der Waals surface area contributed by atoms with E-state index in [1.165, 1.54) is 0 Å². The molecule has 0 aromatic heterocycles. The van der Waals surface area contributed by atoms with E-state index in [2.05, 4.69) is 5.32 Å². The molecule has 0 saturated carbocycles. The van der Waals surface area contributed by atoms with E-state index in [1.54, 1.807) is 0 Å². The van der Waals surface area contributed by atoms with Gasteiger partial charge in [0.25, 0.3) is 0 Å². The topological polar surface area (TPSA) is 47.6 Å². The Balaban J connectivity index is 2.04. The first-order valence-electron chi connectivity index (χ1n) is 5.82. The molecular formula is C13H17NO3. The van der Waals surface area contributed by atoms with Crippen molar-refractivity contribution in [2.24, 2.45) is 0 Å². The van der Waals surface area contributed by atoms with Gasteiger partial charge in [-0.1, -0.05) is 18.2 Å². The van der Waals surface area contributed by atoms with Crippen LogP contribution in [-0.4, -0.2) is 38.9 Å². The highest BCUT2D eigenvalue weighted by Gasteiger charge is 2.24. The van der Waals surface area contributed by atoms with Gasteiger partial charge in [-0.05, 0) is 31.6 Å². The molecule has 1 aromatic carbocycles. The van der Waals surface area contributed by atoms with E-state index in [0.717, 1.165) is 18.5 Å². The molecule has 0 bridgehead atoms. The van der Waals surface area contributed by atoms with Gasteiger partial charge in [-0.15, -0.1) is 0 Å². The Labute approximate surface area is 101 Å². The Morgan fingerprint density at radius 3 is 2.88 bits per heavy atom. The van der Waals surface area contributed by atoms with E-state index in [4.69, 9.17) is 9.47 Å². The standard InChI is InChI=1S/C13H17NO3/c1-14-7-6-10-4-2-3-5-12(10)13(15)17-11-8-16-9-11/h2-5,11,14H,6-9H2,1H3. The molecule has 4 nitrogen and oxygen atoms in total. The molecular weight excluding hydrogens is 218 g/mol. The molecule has 4 heteroatoms. The molecule has 1 aliphatic rings. The molecule has 1 heterocycles. The van der Waals surface area contributed by atoms with Crippen molar-refractivity contribution in [3.8, 4) is 0 Å². The zero-order valence-corrected chi connectivity index (χ0v) is 9.94. The van der Waals surface area contributed by atoms with Gasteiger partial charge in [0.2, 0.25) is 0 Å². The van der Waals surface area contributed by atoms with Crippen LogP contribution in [0, 0.1) is 0 Å². The second-order valence-corrected chi connectivity index (χ2v) is 4.08. The molecule has 0 spiro atoms. The highest BCUT2D eigenvalue weighted by atomic mass is 16.6. The van der Waals surface area contributed by atoms with Crippen LogP contribution >= 0.6 is 0 Å². The number of nitrogens with one attached hydrogen (secondary N) is 1. The maximum Gasteiger partial charge on any atom is 0.338 e. The lowest BCUT2D eigenvalue weighted by atomic mass is 10.0. The first-order chi connectivity index (χ1) is 8.31. The van der Waals surface area contributed by atoms with Gasteiger partial charge in [0.15, 0.2) is 0 Å². The zero-order chi connectivity index (χ0) is 12.1. The summed E-state index contributed by atoms with van der Waals surface area (Å²) < 4.78 is 10.3. The molecule has 1 aromatic rings. The van der Waals surface area contributed by atoms with Crippen LogP contribution in [0.3, 0.4) is 0 Å². The van der Waals surface area contributed by atoms with Crippen LogP contribution in [0.5, 0.6) is 0 Å². The van der Waals surface area contributed by atoms with Crippen molar-refractivity contribution in [3.63, 3.8) is 0 Å². The first kappa shape index (κ1) is 12.1. The maximum atomic E-state index is 11.9. The zero-order valence-electron chi connectivity index (χ0n) is 9.94. The second kappa shape index (κ2) is 5.80. The van der Waals surface area contributed by atoms with Crippen molar-refractivity contribution in [3.05, 3.63) is 35.4 Å². The number of carbonyl (C=O) groups is 1. The summed E-state index contributed by atoms with van der Waals surface area (Å²) in [6.45, 7) is 1.88. The molecule has 17 heavy (non-hydrogen) atoms. The number of carbonyl (C=O) groups excluding carboxylic acids is 1. The molecule has 1 aliphatic heterocycles. The van der Waals surface area contributed by atoms with E-state index in [0.29, 0.717) is 18.8 Å². The highest BCUT2D eigenvalue weighted by molar-refractivity contribution is 5.91. The third kappa shape index (κ3) is 3.05. The SMILES string of the molecule is CNCCc1ccccc1C(=O)OC1COC1. The van der Waals surface area contributed by atoms with Crippen LogP contribution in [0.4, 0.5) is 0 Å². The first-order valence-corrected chi connectivity index (χ1v) is 5.82. The van der Waals surface area contributed by atoms with Crippen LogP contribution in [-0.2, 0) is 15.9 Å². The van der Waals surface area contributed by atoms with Crippen LogP contribution in [0.1, 0.15) is 15.9 Å². The number of ether oxygens (including phenoxy) is 2. The van der Waals surface area contributed by atoms with Gasteiger partial charge in [0, 0.05) is 0 Å². The van der Waals surface area contributed by atoms with Crippen molar-refractivity contribution < 1.29 is 14.3 Å². The van der Waals surface area contributed by atoms with E-state index in [9.17, 15) is 4.79 Å². The smallest absolute Gasteiger partial charge is 0.338 e. The predicted molar refractivity (Wildman–Crippen MR) is 64.1 cm³/mol. The summed E-state index contributed by atoms with van der Waals surface area (Å²) in [5.41, 5.74) is 1.68. The van der Waals surface area contributed by atoms with Gasteiger partial charge in [0.05, 0.1) is 18.8 Å². The van der Waals surface area contributed by atoms with Gasteiger partial charge >= 0.3 is 5.97 Å². The van der Waals surface area contributed by atoms with E-state index >= 15 is 0 Å². The number of benzene rings is 1. The quantitative estimate of drug-likeness (QED) is 0.774. The molecule has 0 radical (unpaired) electrons. The number of esters is 1. The van der Waals surface area contributed by atoms with Gasteiger partial charge in [-0.25, -0.2) is 4.79 Å². The lowest BCUT2D eigenvalue weighted by Gasteiger charge is -2.26. The molecule has 0 aliphatic carbocycles. The fourth-order valence-electron chi connectivity index (χ4n) is 1.69. The highest BCUT2D eigenvalue weighted by Crippen LogP contribution is 2.14. The fraction of sp³-hybridized carbons (Fsp3) is 0.462. The largest absolute Gasteiger partial charge is 0.454 e. The number of rotatable bonds is 5. The van der Waals surface area contributed by atoms with Gasteiger partial charge < -0.3 is 14.8 Å². The van der Waals surface area contributed by atoms with Crippen LogP contribution in [0.25, 0.3) is 0 Å². The van der Waals surface area contributed by atoms with Crippen LogP contribution in [0.15, 0.2) is 24.3 Å². The summed E-state index contributed by atoms with van der Waals surface area (Å²) in [5, 5.41) is 3.07. The number of hydrogen-bond acceptors (Lipinski definition) is 4. The van der Waals surface area contributed by atoms with Crippen molar-refractivity contribution >= 4 is 5.97 Å². The lowest BCUT2D eigenvalue weighted by molar-refractivity contribution is -0.103. The summed E-state index contributed by atoms with van der Waals surface area (Å²) in [4.78, 5) is 11.9. The summed E-state index contributed by atoms with van der Waals surface area (Å²) >= 11 is 0. The number of likely N-dealkylation sites (N-methyl/N-ethyl adjacent to an activating group) is 1. The Hall–Kier alpha value is -1.39. The van der Waals surface area contributed by atoms with Crippen LogP contribution in [0.2, 0.25) is 0 Å². The Kier molecular flexibility index (Phi) is 4.12. The molecule has 92 valence electrons. The maximum absolute atomic E-state index is 11.9. The average molecular weight is 235 g/mol. The molecule has 1 N–H and O–H groups in total. The molecule has 1 saturated heterocycles. The number of hydrogen-bond donors (Lipinski definition) is 1. The molecule has 0 unspecified atom stereocenters. The van der Waals surface area contributed by atoms with Crippen molar-refractivity contribution in [1.29, 1.82) is 0 Å². The molecule has 0 atom stereocenters. The Bertz CT molecular complexity index is 388. The third-order valence-electron chi connectivity index (χ3n) is 2.76. The predicted octanol–water partition coefficient (Wildman–Crippen LogP) is 1.00.